The summed E-state index contributed by atoms with van der Waals surface area (Å²) in [4.78, 5) is 36.3. The van der Waals surface area contributed by atoms with E-state index in [9.17, 15) is 24.6 Å². The molecule has 3 N–H and O–H groups in total. The third-order valence-electron chi connectivity index (χ3n) is 6.34. The first kappa shape index (κ1) is 21.5. The molecule has 3 aromatic rings. The second kappa shape index (κ2) is 7.91. The predicted molar refractivity (Wildman–Crippen MR) is 127 cm³/mol. The number of ether oxygens (including phenoxy) is 2. The molecule has 8 heteroatoms. The fraction of sp³-hybridized carbons (Fsp3) is 0.192. The number of carboxylic acid groups (broad SMARTS) is 2. The number of carboxylic acids is 2. The van der Waals surface area contributed by atoms with Crippen LogP contribution >= 0.6 is 0 Å². The summed E-state index contributed by atoms with van der Waals surface area (Å²) in [6, 6.07) is 14.8. The van der Waals surface area contributed by atoms with Gasteiger partial charge in [-0.15, -0.1) is 0 Å². The lowest BCUT2D eigenvalue weighted by Crippen LogP contribution is -2.27. The second-order valence-electron chi connectivity index (χ2n) is 8.54. The van der Waals surface area contributed by atoms with Gasteiger partial charge in [0, 0.05) is 8.54 Å². The molecule has 1 saturated carbocycles. The van der Waals surface area contributed by atoms with Crippen LogP contribution in [0.1, 0.15) is 47.5 Å². The molecule has 2 aliphatic rings. The first-order chi connectivity index (χ1) is 16.3. The van der Waals surface area contributed by atoms with Gasteiger partial charge in [-0.25, -0.2) is 9.59 Å². The van der Waals surface area contributed by atoms with Crippen molar-refractivity contribution in [2.24, 2.45) is 0 Å². The number of rotatable bonds is 6. The van der Waals surface area contributed by atoms with E-state index in [-0.39, 0.29) is 26.7 Å². The zero-order valence-electron chi connectivity index (χ0n) is 18.3. The monoisotopic (exact) mass is 463 g/mol. The van der Waals surface area contributed by atoms with E-state index >= 15 is 0 Å². The molecular formula is C26H25NO7. The molecule has 1 fully saturated rings. The van der Waals surface area contributed by atoms with E-state index in [1.807, 2.05) is 25.1 Å². The fourth-order valence-electron chi connectivity index (χ4n) is 4.26. The number of aromatic carboxylic acids is 2. The van der Waals surface area contributed by atoms with Crippen molar-refractivity contribution in [2.45, 2.75) is 25.2 Å². The van der Waals surface area contributed by atoms with Crippen molar-refractivity contribution in [2.75, 3.05) is 12.1 Å². The van der Waals surface area contributed by atoms with Gasteiger partial charge in [0.25, 0.3) is 0 Å². The minimum absolute atomic E-state index is 0. The Morgan fingerprint density at radius 3 is 2.21 bits per heavy atom. The molecule has 1 heterocycles. The first-order valence-electron chi connectivity index (χ1n) is 10.7. The molecule has 0 bridgehead atoms. The second-order valence-corrected chi connectivity index (χ2v) is 8.54. The Labute approximate surface area is 197 Å². The highest BCUT2D eigenvalue weighted by Crippen LogP contribution is 2.51. The number of aryl methyl sites for hydroxylation is 1. The number of carbonyl (C=O) groups is 3. The fourth-order valence-corrected chi connectivity index (χ4v) is 4.26. The van der Waals surface area contributed by atoms with Crippen molar-refractivity contribution in [1.82, 2.24) is 0 Å². The topological polar surface area (TPSA) is 122 Å². The molecular weight excluding hydrogens is 438 g/mol. The SMILES string of the molecule is Cc1ccc(NC(=O)C2(c3ccc4c(c3)OCO4)CC2)cc1-c1cc(C(=O)O)cc(C(=O)O)c1.[HH].[HH]. The normalized spacial score (nSPS) is 15.0. The lowest BCUT2D eigenvalue weighted by atomic mass is 9.93. The Bertz CT molecular complexity index is 1340. The van der Waals surface area contributed by atoms with Crippen LogP contribution in [0.15, 0.2) is 54.6 Å². The molecule has 176 valence electrons. The van der Waals surface area contributed by atoms with E-state index in [1.165, 1.54) is 12.1 Å². The van der Waals surface area contributed by atoms with Gasteiger partial charge >= 0.3 is 11.9 Å². The number of benzene rings is 3. The Kier molecular flexibility index (Phi) is 5.01. The van der Waals surface area contributed by atoms with Crippen molar-refractivity contribution in [1.29, 1.82) is 0 Å². The minimum atomic E-state index is -1.22. The molecule has 0 spiro atoms. The van der Waals surface area contributed by atoms with E-state index < -0.39 is 17.4 Å². The third-order valence-corrected chi connectivity index (χ3v) is 6.34. The van der Waals surface area contributed by atoms with Crippen LogP contribution in [0, 0.1) is 6.92 Å². The van der Waals surface area contributed by atoms with Gasteiger partial charge in [0.05, 0.1) is 16.5 Å². The number of fused-ring (bicyclic) bond motifs is 1. The summed E-state index contributed by atoms with van der Waals surface area (Å²) >= 11 is 0. The molecule has 0 saturated heterocycles. The lowest BCUT2D eigenvalue weighted by Gasteiger charge is -2.17. The highest BCUT2D eigenvalue weighted by molar-refractivity contribution is 6.02. The number of hydrogen-bond donors (Lipinski definition) is 3. The van der Waals surface area contributed by atoms with Crippen molar-refractivity contribution in [3.05, 3.63) is 76.9 Å². The maximum absolute atomic E-state index is 13.3. The molecule has 1 amide bonds. The van der Waals surface area contributed by atoms with Gasteiger partial charge in [-0.3, -0.25) is 4.79 Å². The van der Waals surface area contributed by atoms with Crippen LogP contribution in [0.4, 0.5) is 5.69 Å². The molecule has 3 aromatic carbocycles. The molecule has 8 nitrogen and oxygen atoms in total. The van der Waals surface area contributed by atoms with Crippen LogP contribution in [-0.2, 0) is 10.2 Å². The summed E-state index contributed by atoms with van der Waals surface area (Å²) in [7, 11) is 0. The molecule has 34 heavy (non-hydrogen) atoms. The minimum Gasteiger partial charge on any atom is -0.478 e. The van der Waals surface area contributed by atoms with Gasteiger partial charge in [0.2, 0.25) is 12.7 Å². The van der Waals surface area contributed by atoms with Crippen molar-refractivity contribution in [3.63, 3.8) is 0 Å². The highest BCUT2D eigenvalue weighted by Gasteiger charge is 2.51. The average Bonchev–Trinajstić information content (AvgIpc) is 3.50. The largest absolute Gasteiger partial charge is 0.478 e. The summed E-state index contributed by atoms with van der Waals surface area (Å²) in [6.45, 7) is 2.00. The van der Waals surface area contributed by atoms with E-state index in [4.69, 9.17) is 9.47 Å². The molecule has 0 atom stereocenters. The summed E-state index contributed by atoms with van der Waals surface area (Å²) in [5.74, 6) is -1.29. The lowest BCUT2D eigenvalue weighted by molar-refractivity contribution is -0.118. The number of carbonyl (C=O) groups excluding carboxylic acids is 1. The summed E-state index contributed by atoms with van der Waals surface area (Å²) in [6.07, 6.45) is 1.42. The van der Waals surface area contributed by atoms with Gasteiger partial charge in [0.1, 0.15) is 0 Å². The standard InChI is InChI=1S/C26H21NO7.2H2/c1-14-2-4-19(12-20(14)15-8-16(23(28)29)10-17(9-15)24(30)31)27-25(32)26(6-7-26)18-3-5-21-22(11-18)34-13-33-21;;/h2-5,8-12H,6-7,13H2,1H3,(H,27,32)(H,28,29)(H,30,31);2*1H. The van der Waals surface area contributed by atoms with E-state index in [2.05, 4.69) is 5.32 Å². The van der Waals surface area contributed by atoms with Crippen molar-refractivity contribution < 1.29 is 36.9 Å². The van der Waals surface area contributed by atoms with E-state index in [1.54, 1.807) is 18.2 Å². The summed E-state index contributed by atoms with van der Waals surface area (Å²) in [5, 5.41) is 21.8. The van der Waals surface area contributed by atoms with Gasteiger partial charge in [0.15, 0.2) is 11.5 Å². The van der Waals surface area contributed by atoms with Crippen LogP contribution in [0.5, 0.6) is 11.5 Å². The molecule has 5 rings (SSSR count). The quantitative estimate of drug-likeness (QED) is 0.473. The maximum Gasteiger partial charge on any atom is 0.335 e. The summed E-state index contributed by atoms with van der Waals surface area (Å²) in [5.41, 5.74) is 2.41. The van der Waals surface area contributed by atoms with Crippen LogP contribution in [-0.4, -0.2) is 34.9 Å². The summed E-state index contributed by atoms with van der Waals surface area (Å²) < 4.78 is 10.8. The van der Waals surface area contributed by atoms with E-state index in [0.717, 1.165) is 17.2 Å². The number of amides is 1. The zero-order valence-corrected chi connectivity index (χ0v) is 18.3. The molecule has 1 aliphatic heterocycles. The number of nitrogens with one attached hydrogen (secondary N) is 1. The van der Waals surface area contributed by atoms with E-state index in [0.29, 0.717) is 41.2 Å². The molecule has 0 unspecified atom stereocenters. The van der Waals surface area contributed by atoms with Crippen LogP contribution in [0.2, 0.25) is 0 Å². The maximum atomic E-state index is 13.3. The van der Waals surface area contributed by atoms with Crippen molar-refractivity contribution in [3.8, 4) is 22.6 Å². The highest BCUT2D eigenvalue weighted by atomic mass is 16.7. The van der Waals surface area contributed by atoms with Crippen molar-refractivity contribution >= 4 is 23.5 Å². The van der Waals surface area contributed by atoms with Gasteiger partial charge in [-0.1, -0.05) is 12.1 Å². The molecule has 0 aromatic heterocycles. The van der Waals surface area contributed by atoms with Gasteiger partial charge in [-0.05, 0) is 84.5 Å². The Balaban J connectivity index is 0.00000180. The molecule has 0 radical (unpaired) electrons. The third kappa shape index (κ3) is 3.73. The van der Waals surface area contributed by atoms with Crippen LogP contribution in [0.3, 0.4) is 0 Å². The number of hydrogen-bond acceptors (Lipinski definition) is 5. The van der Waals surface area contributed by atoms with Crippen LogP contribution < -0.4 is 14.8 Å². The Morgan fingerprint density at radius 1 is 0.882 bits per heavy atom. The Hall–Kier alpha value is -4.33. The Morgan fingerprint density at radius 2 is 1.56 bits per heavy atom. The first-order valence-corrected chi connectivity index (χ1v) is 10.7. The predicted octanol–water partition coefficient (Wildman–Crippen LogP) is 4.95. The molecule has 1 aliphatic carbocycles. The average molecular weight is 463 g/mol. The van der Waals surface area contributed by atoms with Gasteiger partial charge < -0.3 is 25.0 Å². The zero-order chi connectivity index (χ0) is 24.0. The van der Waals surface area contributed by atoms with Gasteiger partial charge in [-0.2, -0.15) is 0 Å². The number of anilines is 1. The van der Waals surface area contributed by atoms with Crippen LogP contribution in [0.25, 0.3) is 11.1 Å². The smallest absolute Gasteiger partial charge is 0.335 e.